The third kappa shape index (κ3) is 3.62. The van der Waals surface area contributed by atoms with E-state index in [1.807, 2.05) is 23.9 Å². The molecule has 0 aliphatic carbocycles. The van der Waals surface area contributed by atoms with E-state index in [4.69, 9.17) is 0 Å². The molecule has 0 saturated carbocycles. The molecule has 1 aliphatic heterocycles. The predicted octanol–water partition coefficient (Wildman–Crippen LogP) is 1.88. The number of hydrogen-bond donors (Lipinski definition) is 1. The van der Waals surface area contributed by atoms with Gasteiger partial charge in [0.2, 0.25) is 5.91 Å². The van der Waals surface area contributed by atoms with Crippen molar-refractivity contribution in [3.63, 3.8) is 0 Å². The molecule has 0 radical (unpaired) electrons. The Hall–Kier alpha value is -1.78. The van der Waals surface area contributed by atoms with E-state index >= 15 is 0 Å². The van der Waals surface area contributed by atoms with Crippen LogP contribution in [0, 0.1) is 6.92 Å². The van der Waals surface area contributed by atoms with Crippen LogP contribution >= 0.6 is 0 Å². The summed E-state index contributed by atoms with van der Waals surface area (Å²) in [5, 5.41) is 3.50. The molecular weight excluding hydrogens is 252 g/mol. The van der Waals surface area contributed by atoms with Gasteiger partial charge in [0.1, 0.15) is 11.6 Å². The van der Waals surface area contributed by atoms with Gasteiger partial charge in [0.15, 0.2) is 0 Å². The van der Waals surface area contributed by atoms with E-state index in [1.54, 1.807) is 6.92 Å². The molecule has 0 aromatic carbocycles. The summed E-state index contributed by atoms with van der Waals surface area (Å²) in [4.78, 5) is 19.9. The Morgan fingerprint density at radius 1 is 1.35 bits per heavy atom. The van der Waals surface area contributed by atoms with E-state index in [0.717, 1.165) is 37.6 Å². The fraction of sp³-hybridized carbons (Fsp3) is 0.600. The number of aryl methyl sites for hydroxylation is 1. The number of amides is 1. The predicted molar refractivity (Wildman–Crippen MR) is 82.2 cm³/mol. The Morgan fingerprint density at radius 2 is 2.00 bits per heavy atom. The molecular formula is C15H24N4O. The molecule has 2 heterocycles. The van der Waals surface area contributed by atoms with Crippen LogP contribution in [0.25, 0.3) is 0 Å². The Kier molecular flexibility index (Phi) is 4.47. The number of carbonyl (C=O) groups excluding carboxylic acids is 1. The van der Waals surface area contributed by atoms with Gasteiger partial charge in [-0.05, 0) is 37.5 Å². The zero-order chi connectivity index (χ0) is 14.7. The Morgan fingerprint density at radius 3 is 2.55 bits per heavy atom. The van der Waals surface area contributed by atoms with Crippen LogP contribution in [0.15, 0.2) is 12.1 Å². The van der Waals surface area contributed by atoms with Crippen LogP contribution in [0.2, 0.25) is 0 Å². The van der Waals surface area contributed by atoms with E-state index in [9.17, 15) is 4.79 Å². The average Bonchev–Trinajstić information content (AvgIpc) is 2.38. The third-order valence-corrected chi connectivity index (χ3v) is 3.71. The Balaban J connectivity index is 1.99. The number of rotatable bonds is 3. The maximum atomic E-state index is 11.3. The summed E-state index contributed by atoms with van der Waals surface area (Å²) in [6, 6.07) is 4.54. The molecule has 5 nitrogen and oxygen atoms in total. The highest BCUT2D eigenvalue weighted by Gasteiger charge is 2.20. The maximum Gasteiger partial charge on any atom is 0.219 e. The zero-order valence-corrected chi connectivity index (χ0v) is 12.8. The molecule has 1 N–H and O–H groups in total. The largest absolute Gasteiger partial charge is 0.367 e. The van der Waals surface area contributed by atoms with E-state index in [-0.39, 0.29) is 5.91 Å². The first kappa shape index (κ1) is 14.6. The number of piperidine rings is 1. The van der Waals surface area contributed by atoms with Gasteiger partial charge in [0.05, 0.1) is 0 Å². The van der Waals surface area contributed by atoms with Crippen molar-refractivity contribution in [2.24, 2.45) is 0 Å². The van der Waals surface area contributed by atoms with Crippen molar-refractivity contribution >= 4 is 17.5 Å². The van der Waals surface area contributed by atoms with Crippen LogP contribution in [-0.2, 0) is 4.79 Å². The number of hydrogen-bond acceptors (Lipinski definition) is 4. The number of nitrogens with zero attached hydrogens (tertiary/aromatic N) is 3. The molecule has 1 aromatic rings. The average molecular weight is 276 g/mol. The zero-order valence-electron chi connectivity index (χ0n) is 12.8. The quantitative estimate of drug-likeness (QED) is 0.916. The van der Waals surface area contributed by atoms with Crippen molar-refractivity contribution < 1.29 is 4.79 Å². The SMILES string of the molecule is CC(=O)N1CCC(Nc2cc(C)cc(N(C)C)n2)CC1. The number of anilines is 2. The standard InChI is InChI=1S/C15H24N4O/c1-11-9-14(17-15(10-11)18(3)4)16-13-5-7-19(8-6-13)12(2)20/h9-10,13H,5-8H2,1-4H3,(H,16,17). The number of carbonyl (C=O) groups is 1. The van der Waals surface area contributed by atoms with Gasteiger partial charge in [0.25, 0.3) is 0 Å². The van der Waals surface area contributed by atoms with Crippen LogP contribution in [0.4, 0.5) is 11.6 Å². The first-order valence-corrected chi connectivity index (χ1v) is 7.14. The lowest BCUT2D eigenvalue weighted by Gasteiger charge is -2.32. The third-order valence-electron chi connectivity index (χ3n) is 3.71. The van der Waals surface area contributed by atoms with Crippen molar-refractivity contribution in [2.75, 3.05) is 37.4 Å². The normalized spacial score (nSPS) is 16.1. The van der Waals surface area contributed by atoms with E-state index in [2.05, 4.69) is 29.4 Å². The molecule has 20 heavy (non-hydrogen) atoms. The second kappa shape index (κ2) is 6.11. The molecule has 1 saturated heterocycles. The Labute approximate surface area is 121 Å². The van der Waals surface area contributed by atoms with Gasteiger partial charge >= 0.3 is 0 Å². The topological polar surface area (TPSA) is 48.5 Å². The lowest BCUT2D eigenvalue weighted by atomic mass is 10.0. The molecule has 1 amide bonds. The molecule has 5 heteroatoms. The first-order valence-electron chi connectivity index (χ1n) is 7.14. The van der Waals surface area contributed by atoms with Crippen LogP contribution < -0.4 is 10.2 Å². The van der Waals surface area contributed by atoms with Gasteiger partial charge in [-0.2, -0.15) is 0 Å². The van der Waals surface area contributed by atoms with Gasteiger partial charge in [-0.15, -0.1) is 0 Å². The maximum absolute atomic E-state index is 11.3. The minimum Gasteiger partial charge on any atom is -0.367 e. The van der Waals surface area contributed by atoms with Crippen molar-refractivity contribution in [2.45, 2.75) is 32.7 Å². The molecule has 0 atom stereocenters. The van der Waals surface area contributed by atoms with Gasteiger partial charge in [-0.3, -0.25) is 4.79 Å². The molecule has 1 aliphatic rings. The van der Waals surface area contributed by atoms with Crippen molar-refractivity contribution in [3.05, 3.63) is 17.7 Å². The van der Waals surface area contributed by atoms with Gasteiger partial charge in [-0.25, -0.2) is 4.98 Å². The first-order chi connectivity index (χ1) is 9.45. The summed E-state index contributed by atoms with van der Waals surface area (Å²) in [5.41, 5.74) is 1.20. The summed E-state index contributed by atoms with van der Waals surface area (Å²) in [7, 11) is 3.99. The number of pyridine rings is 1. The smallest absolute Gasteiger partial charge is 0.219 e. The van der Waals surface area contributed by atoms with Crippen molar-refractivity contribution in [1.82, 2.24) is 9.88 Å². The highest BCUT2D eigenvalue weighted by atomic mass is 16.2. The van der Waals surface area contributed by atoms with Gasteiger partial charge in [-0.1, -0.05) is 0 Å². The van der Waals surface area contributed by atoms with Gasteiger partial charge < -0.3 is 15.1 Å². The number of likely N-dealkylation sites (tertiary alicyclic amines) is 1. The summed E-state index contributed by atoms with van der Waals surface area (Å²) >= 11 is 0. The van der Waals surface area contributed by atoms with Crippen LogP contribution in [-0.4, -0.2) is 49.0 Å². The van der Waals surface area contributed by atoms with Crippen molar-refractivity contribution in [3.8, 4) is 0 Å². The second-order valence-corrected chi connectivity index (χ2v) is 5.71. The second-order valence-electron chi connectivity index (χ2n) is 5.71. The Bertz CT molecular complexity index is 479. The minimum absolute atomic E-state index is 0.173. The lowest BCUT2D eigenvalue weighted by molar-refractivity contribution is -0.129. The minimum atomic E-state index is 0.173. The highest BCUT2D eigenvalue weighted by Crippen LogP contribution is 2.19. The summed E-state index contributed by atoms with van der Waals surface area (Å²) < 4.78 is 0. The molecule has 0 bridgehead atoms. The van der Waals surface area contributed by atoms with Crippen LogP contribution in [0.3, 0.4) is 0 Å². The van der Waals surface area contributed by atoms with Crippen LogP contribution in [0.5, 0.6) is 0 Å². The van der Waals surface area contributed by atoms with E-state index in [1.165, 1.54) is 5.56 Å². The number of aromatic nitrogens is 1. The van der Waals surface area contributed by atoms with E-state index in [0.29, 0.717) is 6.04 Å². The molecule has 110 valence electrons. The summed E-state index contributed by atoms with van der Waals surface area (Å²) in [6.45, 7) is 5.39. The van der Waals surface area contributed by atoms with Gasteiger partial charge in [0, 0.05) is 40.2 Å². The van der Waals surface area contributed by atoms with Crippen molar-refractivity contribution in [1.29, 1.82) is 0 Å². The molecule has 0 unspecified atom stereocenters. The molecule has 1 aromatic heterocycles. The van der Waals surface area contributed by atoms with Crippen LogP contribution in [0.1, 0.15) is 25.3 Å². The summed E-state index contributed by atoms with van der Waals surface area (Å²) in [6.07, 6.45) is 1.96. The number of nitrogens with one attached hydrogen (secondary N) is 1. The molecule has 1 fully saturated rings. The monoisotopic (exact) mass is 276 g/mol. The molecule has 2 rings (SSSR count). The fourth-order valence-corrected chi connectivity index (χ4v) is 2.50. The summed E-state index contributed by atoms with van der Waals surface area (Å²) in [5.74, 6) is 2.07. The lowest BCUT2D eigenvalue weighted by Crippen LogP contribution is -2.41. The molecule has 0 spiro atoms. The fourth-order valence-electron chi connectivity index (χ4n) is 2.50. The highest BCUT2D eigenvalue weighted by molar-refractivity contribution is 5.73. The van der Waals surface area contributed by atoms with E-state index < -0.39 is 0 Å².